The van der Waals surface area contributed by atoms with Gasteiger partial charge in [0.2, 0.25) is 0 Å². The number of rotatable bonds is 5. The van der Waals surface area contributed by atoms with Crippen molar-refractivity contribution in [1.29, 1.82) is 0 Å². The van der Waals surface area contributed by atoms with Gasteiger partial charge >= 0.3 is 0 Å². The molecule has 3 rings (SSSR count). The Labute approximate surface area is 136 Å². The Morgan fingerprint density at radius 2 is 1.78 bits per heavy atom. The SMILES string of the molecule is Cc1cnc(C(=O)NCc2ccc(CN3CCCC3)cc2)cn1. The van der Waals surface area contributed by atoms with Crippen molar-refractivity contribution in [3.63, 3.8) is 0 Å². The van der Waals surface area contributed by atoms with E-state index in [1.807, 2.05) is 6.92 Å². The van der Waals surface area contributed by atoms with Crippen LogP contribution in [0.2, 0.25) is 0 Å². The number of nitrogens with zero attached hydrogens (tertiary/aromatic N) is 3. The van der Waals surface area contributed by atoms with Gasteiger partial charge in [0.05, 0.1) is 11.9 Å². The minimum atomic E-state index is -0.196. The van der Waals surface area contributed by atoms with E-state index >= 15 is 0 Å². The van der Waals surface area contributed by atoms with Crippen LogP contribution in [0, 0.1) is 6.92 Å². The third-order valence-electron chi connectivity index (χ3n) is 4.09. The smallest absolute Gasteiger partial charge is 0.271 e. The van der Waals surface area contributed by atoms with Crippen LogP contribution in [0.5, 0.6) is 0 Å². The highest BCUT2D eigenvalue weighted by molar-refractivity contribution is 5.91. The predicted molar refractivity (Wildman–Crippen MR) is 88.9 cm³/mol. The van der Waals surface area contributed by atoms with Gasteiger partial charge in [-0.2, -0.15) is 0 Å². The summed E-state index contributed by atoms with van der Waals surface area (Å²) in [6.07, 6.45) is 5.73. The molecule has 1 amide bonds. The molecule has 0 radical (unpaired) electrons. The Morgan fingerprint density at radius 3 is 2.43 bits per heavy atom. The lowest BCUT2D eigenvalue weighted by molar-refractivity contribution is 0.0945. The number of aryl methyl sites for hydroxylation is 1. The standard InChI is InChI=1S/C18H22N4O/c1-14-10-20-17(12-19-14)18(23)21-11-15-4-6-16(7-5-15)13-22-8-2-3-9-22/h4-7,10,12H,2-3,8-9,11,13H2,1H3,(H,21,23). The van der Waals surface area contributed by atoms with E-state index in [1.165, 1.54) is 37.7 Å². The number of benzene rings is 1. The Balaban J connectivity index is 1.51. The summed E-state index contributed by atoms with van der Waals surface area (Å²) >= 11 is 0. The van der Waals surface area contributed by atoms with Gasteiger partial charge in [0.25, 0.3) is 5.91 Å². The Kier molecular flexibility index (Phi) is 4.98. The monoisotopic (exact) mass is 310 g/mol. The molecule has 2 aromatic rings. The molecule has 1 N–H and O–H groups in total. The Bertz CT molecular complexity index is 646. The number of hydrogen-bond donors (Lipinski definition) is 1. The summed E-state index contributed by atoms with van der Waals surface area (Å²) in [7, 11) is 0. The first-order chi connectivity index (χ1) is 11.2. The van der Waals surface area contributed by atoms with Gasteiger partial charge < -0.3 is 5.32 Å². The van der Waals surface area contributed by atoms with Crippen molar-refractivity contribution in [2.45, 2.75) is 32.9 Å². The van der Waals surface area contributed by atoms with Crippen LogP contribution in [0.25, 0.3) is 0 Å². The highest BCUT2D eigenvalue weighted by Gasteiger charge is 2.11. The maximum absolute atomic E-state index is 12.0. The highest BCUT2D eigenvalue weighted by atomic mass is 16.1. The average Bonchev–Trinajstić information content (AvgIpc) is 3.07. The molecule has 1 aromatic carbocycles. The van der Waals surface area contributed by atoms with Crippen LogP contribution in [-0.2, 0) is 13.1 Å². The molecule has 1 aliphatic heterocycles. The zero-order valence-electron chi connectivity index (χ0n) is 13.5. The van der Waals surface area contributed by atoms with Gasteiger partial charge in [0, 0.05) is 19.3 Å². The van der Waals surface area contributed by atoms with Gasteiger partial charge in [0.1, 0.15) is 5.69 Å². The van der Waals surface area contributed by atoms with Gasteiger partial charge in [0.15, 0.2) is 0 Å². The van der Waals surface area contributed by atoms with Gasteiger partial charge in [-0.3, -0.25) is 14.7 Å². The maximum atomic E-state index is 12.0. The van der Waals surface area contributed by atoms with Gasteiger partial charge in [-0.1, -0.05) is 24.3 Å². The van der Waals surface area contributed by atoms with Crippen molar-refractivity contribution in [3.05, 3.63) is 59.2 Å². The van der Waals surface area contributed by atoms with Gasteiger partial charge in [-0.05, 0) is 44.0 Å². The van der Waals surface area contributed by atoms with Crippen molar-refractivity contribution in [1.82, 2.24) is 20.2 Å². The third-order valence-corrected chi connectivity index (χ3v) is 4.09. The molecule has 5 nitrogen and oxygen atoms in total. The number of carbonyl (C=O) groups is 1. The Hall–Kier alpha value is -2.27. The third kappa shape index (κ3) is 4.36. The van der Waals surface area contributed by atoms with Crippen molar-refractivity contribution in [2.75, 3.05) is 13.1 Å². The normalized spacial score (nSPS) is 14.8. The van der Waals surface area contributed by atoms with Crippen LogP contribution in [0.3, 0.4) is 0 Å². The zero-order chi connectivity index (χ0) is 16.1. The molecule has 1 aliphatic rings. The summed E-state index contributed by atoms with van der Waals surface area (Å²) in [4.78, 5) is 22.7. The molecule has 0 saturated carbocycles. The van der Waals surface area contributed by atoms with Crippen molar-refractivity contribution >= 4 is 5.91 Å². The van der Waals surface area contributed by atoms with E-state index in [0.29, 0.717) is 12.2 Å². The van der Waals surface area contributed by atoms with Crippen LogP contribution >= 0.6 is 0 Å². The second-order valence-corrected chi connectivity index (χ2v) is 6.03. The fraction of sp³-hybridized carbons (Fsp3) is 0.389. The van der Waals surface area contributed by atoms with E-state index in [0.717, 1.165) is 17.8 Å². The summed E-state index contributed by atoms with van der Waals surface area (Å²) in [6, 6.07) is 8.44. The summed E-state index contributed by atoms with van der Waals surface area (Å²) < 4.78 is 0. The van der Waals surface area contributed by atoms with E-state index in [1.54, 1.807) is 6.20 Å². The molecule has 1 fully saturated rings. The van der Waals surface area contributed by atoms with Gasteiger partial charge in [-0.25, -0.2) is 4.98 Å². The van der Waals surface area contributed by atoms with Crippen molar-refractivity contribution in [3.8, 4) is 0 Å². The van der Waals surface area contributed by atoms with E-state index in [2.05, 4.69) is 44.5 Å². The largest absolute Gasteiger partial charge is 0.347 e. The van der Waals surface area contributed by atoms with E-state index in [-0.39, 0.29) is 5.91 Å². The van der Waals surface area contributed by atoms with Crippen molar-refractivity contribution in [2.24, 2.45) is 0 Å². The van der Waals surface area contributed by atoms with E-state index in [9.17, 15) is 4.79 Å². The number of likely N-dealkylation sites (tertiary alicyclic amines) is 1. The molecule has 0 bridgehead atoms. The molecule has 1 saturated heterocycles. The van der Waals surface area contributed by atoms with Crippen LogP contribution < -0.4 is 5.32 Å². The highest BCUT2D eigenvalue weighted by Crippen LogP contribution is 2.13. The minimum absolute atomic E-state index is 0.196. The molecule has 0 aliphatic carbocycles. The van der Waals surface area contributed by atoms with E-state index < -0.39 is 0 Å². The predicted octanol–water partition coefficient (Wildman–Crippen LogP) is 2.31. The summed E-state index contributed by atoms with van der Waals surface area (Å²) in [5.41, 5.74) is 3.56. The molecule has 0 unspecified atom stereocenters. The topological polar surface area (TPSA) is 58.1 Å². The first-order valence-electron chi connectivity index (χ1n) is 8.08. The fourth-order valence-electron chi connectivity index (χ4n) is 2.74. The van der Waals surface area contributed by atoms with Crippen molar-refractivity contribution < 1.29 is 4.79 Å². The molecule has 2 heterocycles. The van der Waals surface area contributed by atoms with E-state index in [4.69, 9.17) is 0 Å². The zero-order valence-corrected chi connectivity index (χ0v) is 13.5. The molecule has 23 heavy (non-hydrogen) atoms. The minimum Gasteiger partial charge on any atom is -0.347 e. The quantitative estimate of drug-likeness (QED) is 0.921. The van der Waals surface area contributed by atoms with Crippen LogP contribution in [0.15, 0.2) is 36.7 Å². The first kappa shape index (κ1) is 15.6. The number of hydrogen-bond acceptors (Lipinski definition) is 4. The fourth-order valence-corrected chi connectivity index (χ4v) is 2.74. The first-order valence-corrected chi connectivity index (χ1v) is 8.08. The lowest BCUT2D eigenvalue weighted by Gasteiger charge is -2.14. The average molecular weight is 310 g/mol. The lowest BCUT2D eigenvalue weighted by atomic mass is 10.1. The number of aromatic nitrogens is 2. The van der Waals surface area contributed by atoms with Crippen LogP contribution in [0.1, 0.15) is 40.2 Å². The number of amides is 1. The summed E-state index contributed by atoms with van der Waals surface area (Å²) in [5, 5.41) is 2.88. The second-order valence-electron chi connectivity index (χ2n) is 6.03. The molecular formula is C18H22N4O. The molecule has 0 spiro atoms. The number of nitrogens with one attached hydrogen (secondary N) is 1. The molecular weight excluding hydrogens is 288 g/mol. The maximum Gasteiger partial charge on any atom is 0.271 e. The van der Waals surface area contributed by atoms with Crippen LogP contribution in [-0.4, -0.2) is 33.9 Å². The van der Waals surface area contributed by atoms with Crippen LogP contribution in [0.4, 0.5) is 0 Å². The number of carbonyl (C=O) groups excluding carboxylic acids is 1. The molecule has 1 aromatic heterocycles. The molecule has 5 heteroatoms. The summed E-state index contributed by atoms with van der Waals surface area (Å²) in [5.74, 6) is -0.196. The molecule has 120 valence electrons. The molecule has 0 atom stereocenters. The Morgan fingerprint density at radius 1 is 1.09 bits per heavy atom. The van der Waals surface area contributed by atoms with Gasteiger partial charge in [-0.15, -0.1) is 0 Å². The lowest BCUT2D eigenvalue weighted by Crippen LogP contribution is -2.24. The second kappa shape index (κ2) is 7.33. The summed E-state index contributed by atoms with van der Waals surface area (Å²) in [6.45, 7) is 5.77.